The topological polar surface area (TPSA) is 87.2 Å². The summed E-state index contributed by atoms with van der Waals surface area (Å²) in [5, 5.41) is 8.77. The van der Waals surface area contributed by atoms with Crippen molar-refractivity contribution in [2.24, 2.45) is 4.99 Å². The molecule has 1 amide bonds. The van der Waals surface area contributed by atoms with E-state index in [1.54, 1.807) is 0 Å². The molecule has 2 aromatic carbocycles. The predicted molar refractivity (Wildman–Crippen MR) is 133 cm³/mol. The monoisotopic (exact) mass is 521 g/mol. The fraction of sp³-hybridized carbons (Fsp3) is 0.250. The van der Waals surface area contributed by atoms with Crippen LogP contribution in [0.25, 0.3) is 5.70 Å². The number of rotatable bonds is 7. The van der Waals surface area contributed by atoms with E-state index in [1.165, 1.54) is 18.2 Å². The summed E-state index contributed by atoms with van der Waals surface area (Å²) in [5.74, 6) is -1.06. The van der Waals surface area contributed by atoms with E-state index in [0.29, 0.717) is 24.6 Å². The third-order valence-electron chi connectivity index (χ3n) is 5.31. The number of halogens is 4. The zero-order valence-corrected chi connectivity index (χ0v) is 19.7. The number of anilines is 3. The molecule has 1 atom stereocenters. The minimum absolute atomic E-state index is 0.0520. The van der Waals surface area contributed by atoms with Crippen LogP contribution < -0.4 is 20.9 Å². The van der Waals surface area contributed by atoms with E-state index in [-0.39, 0.29) is 16.3 Å². The van der Waals surface area contributed by atoms with Crippen molar-refractivity contribution in [3.8, 4) is 0 Å². The maximum Gasteiger partial charge on any atom is 0.573 e. The van der Waals surface area contributed by atoms with Crippen molar-refractivity contribution in [1.82, 2.24) is 5.32 Å². The number of benzene rings is 2. The van der Waals surface area contributed by atoms with E-state index in [1.807, 2.05) is 24.3 Å². The number of alkyl halides is 3. The van der Waals surface area contributed by atoms with Crippen LogP contribution in [0, 0.1) is 0 Å². The average molecular weight is 522 g/mol. The highest BCUT2D eigenvalue weighted by atomic mass is 35.5. The second-order valence-electron chi connectivity index (χ2n) is 7.79. The first-order valence-electron chi connectivity index (χ1n) is 10.9. The lowest BCUT2D eigenvalue weighted by Crippen LogP contribution is -2.38. The van der Waals surface area contributed by atoms with Gasteiger partial charge < -0.3 is 30.3 Å². The van der Waals surface area contributed by atoms with E-state index in [9.17, 15) is 18.0 Å². The summed E-state index contributed by atoms with van der Waals surface area (Å²) >= 11 is 6.33. The molecule has 3 N–H and O–H groups in total. The minimum atomic E-state index is -4.96. The lowest BCUT2D eigenvalue weighted by Gasteiger charge is -2.30. The number of carbonyl (C=O) groups excluding carboxylic acids is 1. The van der Waals surface area contributed by atoms with Gasteiger partial charge in [0.25, 0.3) is 0 Å². The molecule has 8 nitrogen and oxygen atoms in total. The Morgan fingerprint density at radius 3 is 2.72 bits per heavy atom. The molecule has 190 valence electrons. The van der Waals surface area contributed by atoms with Crippen molar-refractivity contribution in [3.63, 3.8) is 0 Å². The molecule has 0 radical (unpaired) electrons. The molecular weight excluding hydrogens is 499 g/mol. The van der Waals surface area contributed by atoms with Crippen LogP contribution in [0.2, 0.25) is 5.02 Å². The summed E-state index contributed by atoms with van der Waals surface area (Å²) in [6.07, 6.45) is -3.73. The molecule has 1 fully saturated rings. The van der Waals surface area contributed by atoms with Crippen LogP contribution in [0.4, 0.5) is 30.2 Å². The average Bonchev–Trinajstić information content (AvgIpc) is 2.86. The van der Waals surface area contributed by atoms with Crippen LogP contribution in [-0.4, -0.2) is 51.1 Å². The molecule has 2 aromatic rings. The number of aliphatic imine (C=N–C) groups is 1. The molecule has 1 unspecified atom stereocenters. The molecule has 2 aliphatic heterocycles. The first kappa shape index (κ1) is 25.4. The zero-order chi connectivity index (χ0) is 25.7. The number of nitrogens with one attached hydrogen (secondary N) is 3. The summed E-state index contributed by atoms with van der Waals surface area (Å²) < 4.78 is 48.9. The summed E-state index contributed by atoms with van der Waals surface area (Å²) in [4.78, 5) is 18.0. The van der Waals surface area contributed by atoms with Crippen LogP contribution in [0.3, 0.4) is 0 Å². The van der Waals surface area contributed by atoms with Crippen molar-refractivity contribution in [3.05, 3.63) is 71.5 Å². The van der Waals surface area contributed by atoms with Crippen molar-refractivity contribution in [2.45, 2.75) is 12.7 Å². The highest BCUT2D eigenvalue weighted by Gasteiger charge is 2.35. The normalized spacial score (nSPS) is 17.9. The molecule has 0 saturated carbocycles. The summed E-state index contributed by atoms with van der Waals surface area (Å²) in [6, 6.07) is 12.0. The van der Waals surface area contributed by atoms with Crippen molar-refractivity contribution >= 4 is 46.5 Å². The van der Waals surface area contributed by atoms with Gasteiger partial charge in [0.15, 0.2) is 12.0 Å². The summed E-state index contributed by atoms with van der Waals surface area (Å²) in [5.41, 5.74) is 2.12. The van der Waals surface area contributed by atoms with Crippen LogP contribution in [0.5, 0.6) is 0 Å². The standard InChI is InChI=1S/C24H23ClF3N5O3/c1-2-21(34)30-16-6-7-19(25)18(13-16)22-20(36-24(26,27)28)14-29-23(32-22)31-15-4-3-5-17(12-15)33-8-10-35-11-9-33/h2-7,12-14,23,31-32H,1,8-11H2,(H,30,34). The highest BCUT2D eigenvalue weighted by molar-refractivity contribution is 6.32. The van der Waals surface area contributed by atoms with Gasteiger partial charge in [-0.2, -0.15) is 0 Å². The number of allylic oxidation sites excluding steroid dienone is 1. The molecule has 12 heteroatoms. The fourth-order valence-electron chi connectivity index (χ4n) is 3.70. The Kier molecular flexibility index (Phi) is 7.70. The van der Waals surface area contributed by atoms with Gasteiger partial charge in [0.1, 0.15) is 0 Å². The van der Waals surface area contributed by atoms with Gasteiger partial charge in [-0.3, -0.25) is 4.79 Å². The van der Waals surface area contributed by atoms with Crippen LogP contribution in [0.1, 0.15) is 5.56 Å². The number of hydrogen-bond donors (Lipinski definition) is 3. The number of carbonyl (C=O) groups is 1. The Labute approximate surface area is 210 Å². The molecule has 2 heterocycles. The minimum Gasteiger partial charge on any atom is -0.402 e. The maximum absolute atomic E-state index is 13.1. The lowest BCUT2D eigenvalue weighted by atomic mass is 10.1. The van der Waals surface area contributed by atoms with Gasteiger partial charge in [0, 0.05) is 35.7 Å². The summed E-state index contributed by atoms with van der Waals surface area (Å²) in [7, 11) is 0. The SMILES string of the molecule is C=CC(=O)Nc1ccc(Cl)c(C2=C(OC(F)(F)F)C=NC(Nc3cccc(N4CCOCC4)c3)N2)c1. The van der Waals surface area contributed by atoms with Crippen molar-refractivity contribution in [2.75, 3.05) is 41.8 Å². The second-order valence-corrected chi connectivity index (χ2v) is 8.20. The molecule has 36 heavy (non-hydrogen) atoms. The highest BCUT2D eigenvalue weighted by Crippen LogP contribution is 2.32. The Bertz CT molecular complexity index is 1200. The first-order chi connectivity index (χ1) is 17.2. The Morgan fingerprint density at radius 2 is 2.00 bits per heavy atom. The van der Waals surface area contributed by atoms with Gasteiger partial charge in [0.2, 0.25) is 5.91 Å². The van der Waals surface area contributed by atoms with Crippen LogP contribution >= 0.6 is 11.6 Å². The predicted octanol–water partition coefficient (Wildman–Crippen LogP) is 4.58. The Morgan fingerprint density at radius 1 is 1.22 bits per heavy atom. The van der Waals surface area contributed by atoms with Crippen LogP contribution in [-0.2, 0) is 14.3 Å². The van der Waals surface area contributed by atoms with E-state index in [2.05, 4.69) is 37.2 Å². The quantitative estimate of drug-likeness (QED) is 0.463. The number of amides is 1. The maximum atomic E-state index is 13.1. The molecular formula is C24H23ClF3N5O3. The van der Waals surface area contributed by atoms with Gasteiger partial charge in [-0.1, -0.05) is 24.2 Å². The largest absolute Gasteiger partial charge is 0.573 e. The second kappa shape index (κ2) is 10.9. The third kappa shape index (κ3) is 6.49. The molecule has 2 aliphatic rings. The molecule has 0 spiro atoms. The zero-order valence-electron chi connectivity index (χ0n) is 18.9. The number of nitrogens with zero attached hydrogens (tertiary/aromatic N) is 2. The fourth-order valence-corrected chi connectivity index (χ4v) is 3.91. The van der Waals surface area contributed by atoms with Gasteiger partial charge in [-0.15, -0.1) is 13.2 Å². The summed E-state index contributed by atoms with van der Waals surface area (Å²) in [6.45, 7) is 6.16. The molecule has 4 rings (SSSR count). The Hall–Kier alpha value is -3.70. The smallest absolute Gasteiger partial charge is 0.402 e. The van der Waals surface area contributed by atoms with E-state index in [0.717, 1.165) is 31.1 Å². The van der Waals surface area contributed by atoms with Gasteiger partial charge >= 0.3 is 6.36 Å². The van der Waals surface area contributed by atoms with E-state index < -0.39 is 24.3 Å². The van der Waals surface area contributed by atoms with Gasteiger partial charge in [-0.05, 0) is 42.5 Å². The Balaban J connectivity index is 1.60. The van der Waals surface area contributed by atoms with Gasteiger partial charge in [-0.25, -0.2) is 4.99 Å². The molecule has 0 aromatic heterocycles. The molecule has 0 aliphatic carbocycles. The first-order valence-corrected chi connectivity index (χ1v) is 11.3. The molecule has 1 saturated heterocycles. The number of hydrogen-bond acceptors (Lipinski definition) is 7. The van der Waals surface area contributed by atoms with E-state index in [4.69, 9.17) is 16.3 Å². The van der Waals surface area contributed by atoms with Crippen LogP contribution in [0.15, 0.2) is 65.9 Å². The van der Waals surface area contributed by atoms with Crippen molar-refractivity contribution in [1.29, 1.82) is 0 Å². The number of morpholine rings is 1. The molecule has 0 bridgehead atoms. The van der Waals surface area contributed by atoms with Gasteiger partial charge in [0.05, 0.1) is 30.1 Å². The lowest BCUT2D eigenvalue weighted by molar-refractivity contribution is -0.301. The van der Waals surface area contributed by atoms with E-state index >= 15 is 0 Å². The third-order valence-corrected chi connectivity index (χ3v) is 5.64. The van der Waals surface area contributed by atoms with Crippen molar-refractivity contribution < 1.29 is 27.4 Å². The number of ether oxygens (including phenoxy) is 2.